The van der Waals surface area contributed by atoms with Gasteiger partial charge in [0.15, 0.2) is 0 Å². The van der Waals surface area contributed by atoms with E-state index in [9.17, 15) is 29.1 Å². The largest absolute Gasteiger partial charge is 0.480 e. The van der Waals surface area contributed by atoms with Gasteiger partial charge in [-0.05, 0) is 36.9 Å². The Morgan fingerprint density at radius 3 is 1.74 bits per heavy atom. The lowest BCUT2D eigenvalue weighted by molar-refractivity contribution is -0.142. The molecule has 46 heavy (non-hydrogen) atoms. The van der Waals surface area contributed by atoms with Gasteiger partial charge in [-0.15, -0.1) is 0 Å². The van der Waals surface area contributed by atoms with Gasteiger partial charge < -0.3 is 42.8 Å². The zero-order valence-electron chi connectivity index (χ0n) is 25.5. The normalized spacial score (nSPS) is 13.4. The topological polar surface area (TPSA) is 234 Å². The number of carboxylic acid groups (broad SMARTS) is 1. The first-order valence-corrected chi connectivity index (χ1v) is 15.1. The predicted octanol–water partition coefficient (Wildman–Crippen LogP) is -0.451. The molecule has 0 saturated heterocycles. The molecular formula is C32H42N8O6. The number of benzene rings is 2. The second-order valence-electron chi connectivity index (χ2n) is 10.8. The SMILES string of the molecule is NCCCC[C@H](NC(=O)[C@H](Cc1cnc[nH]1)NC(=O)CN)C(=O)N[C@@H](Cc1ccccc1)C(=O)N[C@@H](Cc1ccccc1)C(=O)O. The van der Waals surface area contributed by atoms with Crippen molar-refractivity contribution in [2.24, 2.45) is 11.5 Å². The Bertz CT molecular complexity index is 1400. The van der Waals surface area contributed by atoms with Gasteiger partial charge in [0.1, 0.15) is 24.2 Å². The molecular weight excluding hydrogens is 592 g/mol. The van der Waals surface area contributed by atoms with Crippen molar-refractivity contribution in [3.63, 3.8) is 0 Å². The Kier molecular flexibility index (Phi) is 14.4. The maximum absolute atomic E-state index is 13.7. The number of aromatic nitrogens is 2. The van der Waals surface area contributed by atoms with E-state index in [1.807, 2.05) is 6.07 Å². The number of rotatable bonds is 19. The summed E-state index contributed by atoms with van der Waals surface area (Å²) in [5.74, 6) is -3.77. The number of H-pyrrole nitrogens is 1. The van der Waals surface area contributed by atoms with E-state index < -0.39 is 53.8 Å². The molecule has 0 aliphatic rings. The fourth-order valence-electron chi connectivity index (χ4n) is 4.77. The molecule has 3 aromatic rings. The fraction of sp³-hybridized carbons (Fsp3) is 0.375. The van der Waals surface area contributed by atoms with Crippen LogP contribution in [0.3, 0.4) is 0 Å². The highest BCUT2D eigenvalue weighted by atomic mass is 16.4. The minimum Gasteiger partial charge on any atom is -0.480 e. The molecule has 0 unspecified atom stereocenters. The van der Waals surface area contributed by atoms with Crippen LogP contribution in [0.15, 0.2) is 73.2 Å². The number of carbonyl (C=O) groups excluding carboxylic acids is 4. The van der Waals surface area contributed by atoms with Crippen molar-refractivity contribution in [2.75, 3.05) is 13.1 Å². The van der Waals surface area contributed by atoms with Crippen LogP contribution in [0, 0.1) is 0 Å². The summed E-state index contributed by atoms with van der Waals surface area (Å²) in [5, 5.41) is 20.4. The maximum atomic E-state index is 13.7. The molecule has 0 aliphatic heterocycles. The number of unbranched alkanes of at least 4 members (excludes halogenated alkanes) is 1. The summed E-state index contributed by atoms with van der Waals surface area (Å²) in [7, 11) is 0. The smallest absolute Gasteiger partial charge is 0.326 e. The van der Waals surface area contributed by atoms with Gasteiger partial charge in [-0.3, -0.25) is 19.2 Å². The summed E-state index contributed by atoms with van der Waals surface area (Å²) in [5.41, 5.74) is 13.1. The van der Waals surface area contributed by atoms with Gasteiger partial charge in [0.2, 0.25) is 23.6 Å². The van der Waals surface area contributed by atoms with E-state index in [0.29, 0.717) is 30.6 Å². The van der Waals surface area contributed by atoms with Gasteiger partial charge in [0, 0.05) is 31.2 Å². The maximum Gasteiger partial charge on any atom is 0.326 e. The lowest BCUT2D eigenvalue weighted by atomic mass is 10.0. The summed E-state index contributed by atoms with van der Waals surface area (Å²) in [6.07, 6.45) is 4.37. The fourth-order valence-corrected chi connectivity index (χ4v) is 4.77. The van der Waals surface area contributed by atoms with Crippen LogP contribution in [0.1, 0.15) is 36.1 Å². The van der Waals surface area contributed by atoms with Crippen molar-refractivity contribution < 1.29 is 29.1 Å². The first-order chi connectivity index (χ1) is 22.2. The van der Waals surface area contributed by atoms with E-state index in [4.69, 9.17) is 11.5 Å². The van der Waals surface area contributed by atoms with Crippen molar-refractivity contribution >= 4 is 29.6 Å². The second kappa shape index (κ2) is 18.7. The number of amides is 4. The van der Waals surface area contributed by atoms with Crippen molar-refractivity contribution in [1.82, 2.24) is 31.2 Å². The predicted molar refractivity (Wildman–Crippen MR) is 170 cm³/mol. The lowest BCUT2D eigenvalue weighted by Gasteiger charge is -2.26. The third-order valence-electron chi connectivity index (χ3n) is 7.21. The number of aromatic amines is 1. The van der Waals surface area contributed by atoms with E-state index in [-0.39, 0.29) is 32.2 Å². The highest BCUT2D eigenvalue weighted by Crippen LogP contribution is 2.09. The van der Waals surface area contributed by atoms with Crippen LogP contribution in [0.2, 0.25) is 0 Å². The molecule has 246 valence electrons. The Morgan fingerprint density at radius 1 is 0.696 bits per heavy atom. The highest BCUT2D eigenvalue weighted by Gasteiger charge is 2.31. The van der Waals surface area contributed by atoms with E-state index >= 15 is 0 Å². The molecule has 0 bridgehead atoms. The number of hydrogen-bond acceptors (Lipinski definition) is 8. The van der Waals surface area contributed by atoms with Crippen molar-refractivity contribution in [3.8, 4) is 0 Å². The second-order valence-corrected chi connectivity index (χ2v) is 10.8. The van der Waals surface area contributed by atoms with Gasteiger partial charge >= 0.3 is 5.97 Å². The van der Waals surface area contributed by atoms with Crippen molar-refractivity contribution in [3.05, 3.63) is 90.0 Å². The van der Waals surface area contributed by atoms with E-state index in [1.165, 1.54) is 12.5 Å². The number of aliphatic carboxylic acids is 1. The average Bonchev–Trinajstić information content (AvgIpc) is 3.57. The molecule has 10 N–H and O–H groups in total. The molecule has 1 heterocycles. The number of carboxylic acids is 1. The molecule has 1 aromatic heterocycles. The van der Waals surface area contributed by atoms with Crippen LogP contribution in [0.25, 0.3) is 0 Å². The Morgan fingerprint density at radius 2 is 1.22 bits per heavy atom. The molecule has 14 nitrogen and oxygen atoms in total. The van der Waals surface area contributed by atoms with Crippen molar-refractivity contribution in [1.29, 1.82) is 0 Å². The third-order valence-corrected chi connectivity index (χ3v) is 7.21. The molecule has 0 radical (unpaired) electrons. The summed E-state index contributed by atoms with van der Waals surface area (Å²) in [4.78, 5) is 71.7. The minimum absolute atomic E-state index is 0.0396. The van der Waals surface area contributed by atoms with E-state index in [2.05, 4.69) is 31.2 Å². The number of nitrogens with two attached hydrogens (primary N) is 2. The zero-order valence-corrected chi connectivity index (χ0v) is 25.5. The molecule has 3 rings (SSSR count). The summed E-state index contributed by atoms with van der Waals surface area (Å²) >= 11 is 0. The molecule has 4 amide bonds. The molecule has 0 spiro atoms. The lowest BCUT2D eigenvalue weighted by Crippen LogP contribution is -2.58. The van der Waals surface area contributed by atoms with Gasteiger partial charge in [-0.1, -0.05) is 60.7 Å². The van der Waals surface area contributed by atoms with Crippen LogP contribution in [0.4, 0.5) is 0 Å². The molecule has 2 aromatic carbocycles. The van der Waals surface area contributed by atoms with Crippen LogP contribution in [-0.4, -0.2) is 81.9 Å². The van der Waals surface area contributed by atoms with E-state index in [0.717, 1.165) is 5.56 Å². The number of hydrogen-bond donors (Lipinski definition) is 8. The van der Waals surface area contributed by atoms with Crippen LogP contribution < -0.4 is 32.7 Å². The first-order valence-electron chi connectivity index (χ1n) is 15.1. The number of imidazole rings is 1. The molecule has 0 aliphatic carbocycles. The van der Waals surface area contributed by atoms with Gasteiger partial charge in [0.25, 0.3) is 0 Å². The van der Waals surface area contributed by atoms with Crippen LogP contribution in [0.5, 0.6) is 0 Å². The molecule has 0 fully saturated rings. The van der Waals surface area contributed by atoms with Gasteiger partial charge in [0.05, 0.1) is 12.9 Å². The van der Waals surface area contributed by atoms with Crippen LogP contribution >= 0.6 is 0 Å². The molecule has 0 saturated carbocycles. The quantitative estimate of drug-likeness (QED) is 0.0796. The summed E-state index contributed by atoms with van der Waals surface area (Å²) in [6, 6.07) is 13.2. The molecule has 14 heteroatoms. The standard InChI is InChI=1S/C32H42N8O6/c33-14-8-7-13-24(38-31(44)26(37-28(41)18-34)17-23-19-35-20-36-23)29(42)39-25(15-21-9-3-1-4-10-21)30(43)40-27(32(45)46)16-22-11-5-2-6-12-22/h1-6,9-12,19-20,24-27H,7-8,13-18,33-34H2,(H,35,36)(H,37,41)(H,38,44)(H,39,42)(H,40,43)(H,45,46)/t24-,25-,26-,27-/m0/s1. The number of carbonyl (C=O) groups is 5. The zero-order chi connectivity index (χ0) is 33.3. The summed E-state index contributed by atoms with van der Waals surface area (Å²) < 4.78 is 0. The number of nitrogens with zero attached hydrogens (tertiary/aromatic N) is 1. The summed E-state index contributed by atoms with van der Waals surface area (Å²) in [6.45, 7) is 0.0272. The van der Waals surface area contributed by atoms with Gasteiger partial charge in [-0.2, -0.15) is 0 Å². The van der Waals surface area contributed by atoms with E-state index in [1.54, 1.807) is 54.6 Å². The minimum atomic E-state index is -1.25. The van der Waals surface area contributed by atoms with Gasteiger partial charge in [-0.25, -0.2) is 9.78 Å². The third kappa shape index (κ3) is 11.8. The highest BCUT2D eigenvalue weighted by molar-refractivity contribution is 5.95. The monoisotopic (exact) mass is 634 g/mol. The van der Waals surface area contributed by atoms with Crippen LogP contribution in [-0.2, 0) is 43.2 Å². The molecule has 4 atom stereocenters. The van der Waals surface area contributed by atoms with Crippen molar-refractivity contribution in [2.45, 2.75) is 62.7 Å². The Labute approximate surface area is 267 Å². The number of nitrogens with one attached hydrogen (secondary N) is 5. The average molecular weight is 635 g/mol. The Balaban J connectivity index is 1.81. The first kappa shape index (κ1) is 35.4. The Hall–Kier alpha value is -5.08.